The summed E-state index contributed by atoms with van der Waals surface area (Å²) in [6.07, 6.45) is 2.66. The largest absolute Gasteiger partial charge is 0.493 e. The van der Waals surface area contributed by atoms with E-state index < -0.39 is 0 Å². The molecule has 5 heteroatoms. The first kappa shape index (κ1) is 16.4. The highest BCUT2D eigenvalue weighted by Crippen LogP contribution is 2.40. The molecule has 2 atom stereocenters. The van der Waals surface area contributed by atoms with Crippen LogP contribution in [0, 0.1) is 0 Å². The van der Waals surface area contributed by atoms with Crippen molar-refractivity contribution in [2.24, 2.45) is 0 Å². The molecule has 0 amide bonds. The van der Waals surface area contributed by atoms with Gasteiger partial charge in [0.05, 0.1) is 21.3 Å². The van der Waals surface area contributed by atoms with Crippen molar-refractivity contribution in [2.75, 3.05) is 41.0 Å². The van der Waals surface area contributed by atoms with Crippen molar-refractivity contribution in [1.82, 2.24) is 9.80 Å². The highest BCUT2D eigenvalue weighted by molar-refractivity contribution is 5.55. The van der Waals surface area contributed by atoms with Gasteiger partial charge in [0.15, 0.2) is 11.5 Å². The van der Waals surface area contributed by atoms with Crippen LogP contribution in [0.15, 0.2) is 12.1 Å². The molecule has 0 radical (unpaired) electrons. The second kappa shape index (κ2) is 6.97. The highest BCUT2D eigenvalue weighted by atomic mass is 16.5. The fourth-order valence-corrected chi connectivity index (χ4v) is 4.11. The molecule has 2 saturated heterocycles. The summed E-state index contributed by atoms with van der Waals surface area (Å²) in [5.41, 5.74) is 1.16. The smallest absolute Gasteiger partial charge is 0.203 e. The van der Waals surface area contributed by atoms with E-state index in [2.05, 4.69) is 22.8 Å². The Morgan fingerprint density at radius 2 is 1.78 bits per heavy atom. The van der Waals surface area contributed by atoms with E-state index in [1.165, 1.54) is 25.9 Å². The Labute approximate surface area is 139 Å². The van der Waals surface area contributed by atoms with Crippen molar-refractivity contribution < 1.29 is 14.2 Å². The van der Waals surface area contributed by atoms with E-state index >= 15 is 0 Å². The van der Waals surface area contributed by atoms with Crippen molar-refractivity contribution in [3.63, 3.8) is 0 Å². The van der Waals surface area contributed by atoms with E-state index in [0.717, 1.165) is 24.4 Å². The number of hydrogen-bond donors (Lipinski definition) is 0. The van der Waals surface area contributed by atoms with Crippen LogP contribution in [-0.4, -0.2) is 62.8 Å². The minimum atomic E-state index is 0.573. The van der Waals surface area contributed by atoms with Crippen molar-refractivity contribution in [2.45, 2.75) is 38.4 Å². The molecule has 23 heavy (non-hydrogen) atoms. The molecule has 0 saturated carbocycles. The quantitative estimate of drug-likeness (QED) is 0.832. The molecule has 1 aromatic rings. The van der Waals surface area contributed by atoms with Gasteiger partial charge < -0.3 is 14.2 Å². The molecule has 128 valence electrons. The molecular weight excluding hydrogens is 292 g/mol. The zero-order valence-electron chi connectivity index (χ0n) is 14.7. The molecule has 3 rings (SSSR count). The van der Waals surface area contributed by atoms with Gasteiger partial charge in [-0.05, 0) is 32.4 Å². The maximum absolute atomic E-state index is 5.63. The Balaban J connectivity index is 1.82. The predicted molar refractivity (Wildman–Crippen MR) is 90.6 cm³/mol. The summed E-state index contributed by atoms with van der Waals surface area (Å²) in [6.45, 7) is 6.78. The van der Waals surface area contributed by atoms with Crippen molar-refractivity contribution in [1.29, 1.82) is 0 Å². The summed E-state index contributed by atoms with van der Waals surface area (Å²) in [6, 6.07) is 5.33. The molecule has 0 aliphatic carbocycles. The molecule has 2 fully saturated rings. The molecule has 2 aliphatic heterocycles. The van der Waals surface area contributed by atoms with E-state index in [4.69, 9.17) is 14.2 Å². The standard InChI is InChI=1S/C18H28N2O3/c1-13-15-6-5-9-19(15)10-11-20(13)12-14-7-8-16(21-2)18(23-4)17(14)22-3/h7-8,13,15H,5-6,9-12H2,1-4H3/t13-,15-/m1/s1. The average molecular weight is 320 g/mol. The minimum Gasteiger partial charge on any atom is -0.493 e. The van der Waals surface area contributed by atoms with Crippen LogP contribution in [0.4, 0.5) is 0 Å². The predicted octanol–water partition coefficient (Wildman–Crippen LogP) is 2.38. The first-order valence-electron chi connectivity index (χ1n) is 8.45. The summed E-state index contributed by atoms with van der Waals surface area (Å²) >= 11 is 0. The molecule has 2 aliphatic rings. The second-order valence-corrected chi connectivity index (χ2v) is 6.45. The van der Waals surface area contributed by atoms with Gasteiger partial charge >= 0.3 is 0 Å². The summed E-state index contributed by atoms with van der Waals surface area (Å²) in [4.78, 5) is 5.21. The van der Waals surface area contributed by atoms with Gasteiger partial charge in [0.25, 0.3) is 0 Å². The van der Waals surface area contributed by atoms with Gasteiger partial charge in [-0.1, -0.05) is 6.07 Å². The Morgan fingerprint density at radius 3 is 2.48 bits per heavy atom. The summed E-state index contributed by atoms with van der Waals surface area (Å²) in [7, 11) is 5.00. The van der Waals surface area contributed by atoms with Crippen LogP contribution in [0.25, 0.3) is 0 Å². The summed E-state index contributed by atoms with van der Waals surface area (Å²) in [5.74, 6) is 2.18. The molecule has 2 heterocycles. The Morgan fingerprint density at radius 1 is 1.00 bits per heavy atom. The van der Waals surface area contributed by atoms with Crippen LogP contribution < -0.4 is 14.2 Å². The van der Waals surface area contributed by atoms with Gasteiger partial charge in [0.1, 0.15) is 0 Å². The number of hydrogen-bond acceptors (Lipinski definition) is 5. The topological polar surface area (TPSA) is 34.2 Å². The fourth-order valence-electron chi connectivity index (χ4n) is 4.11. The van der Waals surface area contributed by atoms with Crippen LogP contribution in [0.3, 0.4) is 0 Å². The normalized spacial score (nSPS) is 25.2. The number of benzene rings is 1. The van der Waals surface area contributed by atoms with Crippen LogP contribution >= 0.6 is 0 Å². The van der Waals surface area contributed by atoms with E-state index in [0.29, 0.717) is 23.6 Å². The Kier molecular flexibility index (Phi) is 4.97. The number of rotatable bonds is 5. The lowest BCUT2D eigenvalue weighted by Crippen LogP contribution is -2.55. The van der Waals surface area contributed by atoms with E-state index in [-0.39, 0.29) is 0 Å². The summed E-state index contributed by atoms with van der Waals surface area (Å²) in [5, 5.41) is 0. The maximum atomic E-state index is 5.63. The van der Waals surface area contributed by atoms with Crippen LogP contribution in [0.1, 0.15) is 25.3 Å². The average Bonchev–Trinajstić information content (AvgIpc) is 3.06. The lowest BCUT2D eigenvalue weighted by molar-refractivity contribution is 0.0465. The Bertz CT molecular complexity index is 549. The summed E-state index contributed by atoms with van der Waals surface area (Å²) < 4.78 is 16.5. The van der Waals surface area contributed by atoms with Gasteiger partial charge in [-0.2, -0.15) is 0 Å². The van der Waals surface area contributed by atoms with Crippen molar-refractivity contribution in [3.05, 3.63) is 17.7 Å². The third-order valence-electron chi connectivity index (χ3n) is 5.38. The molecule has 0 spiro atoms. The number of piperazine rings is 1. The number of nitrogens with zero attached hydrogens (tertiary/aromatic N) is 2. The molecule has 5 nitrogen and oxygen atoms in total. The number of fused-ring (bicyclic) bond motifs is 1. The van der Waals surface area contributed by atoms with Crippen molar-refractivity contribution >= 4 is 0 Å². The zero-order chi connectivity index (χ0) is 16.4. The molecule has 0 N–H and O–H groups in total. The lowest BCUT2D eigenvalue weighted by atomic mass is 10.0. The van der Waals surface area contributed by atoms with Gasteiger partial charge in [0.2, 0.25) is 5.75 Å². The number of ether oxygens (including phenoxy) is 3. The van der Waals surface area contributed by atoms with Crippen LogP contribution in [0.5, 0.6) is 17.2 Å². The van der Waals surface area contributed by atoms with E-state index in [1.807, 2.05) is 6.07 Å². The number of methoxy groups -OCH3 is 3. The minimum absolute atomic E-state index is 0.573. The molecular formula is C18H28N2O3. The SMILES string of the molecule is COc1ccc(CN2CCN3CCC[C@@H]3[C@H]2C)c(OC)c1OC. The van der Waals surface area contributed by atoms with Crippen LogP contribution in [-0.2, 0) is 6.54 Å². The fraction of sp³-hybridized carbons (Fsp3) is 0.667. The Hall–Kier alpha value is -1.46. The van der Waals surface area contributed by atoms with E-state index in [1.54, 1.807) is 21.3 Å². The van der Waals surface area contributed by atoms with Crippen molar-refractivity contribution in [3.8, 4) is 17.2 Å². The van der Waals surface area contributed by atoms with Gasteiger partial charge in [-0.3, -0.25) is 9.80 Å². The zero-order valence-corrected chi connectivity index (χ0v) is 14.7. The third kappa shape index (κ3) is 3.00. The lowest BCUT2D eigenvalue weighted by Gasteiger charge is -2.43. The first-order valence-corrected chi connectivity index (χ1v) is 8.45. The monoisotopic (exact) mass is 320 g/mol. The maximum Gasteiger partial charge on any atom is 0.203 e. The van der Waals surface area contributed by atoms with Crippen LogP contribution in [0.2, 0.25) is 0 Å². The third-order valence-corrected chi connectivity index (χ3v) is 5.38. The molecule has 0 aromatic heterocycles. The van der Waals surface area contributed by atoms with E-state index in [9.17, 15) is 0 Å². The molecule has 0 unspecified atom stereocenters. The molecule has 0 bridgehead atoms. The highest BCUT2D eigenvalue weighted by Gasteiger charge is 2.36. The van der Waals surface area contributed by atoms with Gasteiger partial charge in [0, 0.05) is 37.3 Å². The van der Waals surface area contributed by atoms with Gasteiger partial charge in [-0.15, -0.1) is 0 Å². The second-order valence-electron chi connectivity index (χ2n) is 6.45. The first-order chi connectivity index (χ1) is 11.2. The van der Waals surface area contributed by atoms with Gasteiger partial charge in [-0.25, -0.2) is 0 Å². The molecule has 1 aromatic carbocycles.